The maximum absolute atomic E-state index is 12.6. The summed E-state index contributed by atoms with van der Waals surface area (Å²) in [4.78, 5) is 11.9. The van der Waals surface area contributed by atoms with Crippen molar-refractivity contribution in [2.75, 3.05) is 0 Å². The Hall–Kier alpha value is -2.49. The zero-order valence-electron chi connectivity index (χ0n) is 13.4. The third kappa shape index (κ3) is 4.28. The molecule has 0 aliphatic heterocycles. The summed E-state index contributed by atoms with van der Waals surface area (Å²) >= 11 is 0. The molecule has 0 radical (unpaired) electrons. The first kappa shape index (κ1) is 17.9. The van der Waals surface area contributed by atoms with Crippen molar-refractivity contribution < 1.29 is 17.9 Å². The number of rotatable bonds is 5. The van der Waals surface area contributed by atoms with Crippen molar-refractivity contribution in [3.8, 4) is 11.8 Å². The van der Waals surface area contributed by atoms with E-state index in [2.05, 4.69) is 10.8 Å². The Bertz CT molecular complexity index is 832. The molecule has 128 valence electrons. The van der Waals surface area contributed by atoms with Crippen molar-refractivity contribution >= 4 is 10.9 Å². The summed E-state index contributed by atoms with van der Waals surface area (Å²) < 4.78 is 43.5. The number of benzene rings is 1. The second-order valence-electron chi connectivity index (χ2n) is 6.17. The first-order valence-electron chi connectivity index (χ1n) is 7.42. The fraction of sp³-hybridized carbons (Fsp3) is 0.412. The molecule has 7 heteroatoms. The zero-order chi connectivity index (χ0) is 18.0. The third-order valence-electron chi connectivity index (χ3n) is 3.69. The van der Waals surface area contributed by atoms with E-state index in [0.717, 1.165) is 0 Å². The lowest BCUT2D eigenvalue weighted by molar-refractivity contribution is -0.274. The Kier molecular flexibility index (Phi) is 4.88. The maximum Gasteiger partial charge on any atom is 0.573 e. The summed E-state index contributed by atoms with van der Waals surface area (Å²) in [6, 6.07) is 7.51. The van der Waals surface area contributed by atoms with Gasteiger partial charge in [-0.25, -0.2) is 0 Å². The minimum atomic E-state index is -4.84. The van der Waals surface area contributed by atoms with Crippen LogP contribution in [0.25, 0.3) is 10.9 Å². The van der Waals surface area contributed by atoms with Gasteiger partial charge in [0.05, 0.1) is 17.0 Å². The highest BCUT2D eigenvalue weighted by atomic mass is 19.4. The maximum atomic E-state index is 12.6. The van der Waals surface area contributed by atoms with Crippen LogP contribution in [0.2, 0.25) is 0 Å². The number of nitriles is 1. The van der Waals surface area contributed by atoms with Crippen molar-refractivity contribution in [3.05, 3.63) is 40.7 Å². The fourth-order valence-electron chi connectivity index (χ4n) is 2.48. The summed E-state index contributed by atoms with van der Waals surface area (Å²) in [6.07, 6.45) is -2.22. The van der Waals surface area contributed by atoms with Gasteiger partial charge in [-0.3, -0.25) is 4.79 Å². The molecule has 0 fully saturated rings. The van der Waals surface area contributed by atoms with Gasteiger partial charge in [-0.05, 0) is 38.8 Å². The first-order chi connectivity index (χ1) is 11.1. The van der Waals surface area contributed by atoms with Gasteiger partial charge >= 0.3 is 6.36 Å². The largest absolute Gasteiger partial charge is 0.573 e. The van der Waals surface area contributed by atoms with Crippen molar-refractivity contribution in [1.29, 1.82) is 5.26 Å². The number of ether oxygens (including phenoxy) is 1. The average molecular weight is 338 g/mol. The number of hydrogen-bond donors (Lipinski definition) is 0. The lowest BCUT2D eigenvalue weighted by atomic mass is 9.90. The molecule has 0 N–H and O–H groups in total. The predicted octanol–water partition coefficient (Wildman–Crippen LogP) is 4.23. The van der Waals surface area contributed by atoms with E-state index in [1.54, 1.807) is 18.4 Å². The molecule has 0 atom stereocenters. The van der Waals surface area contributed by atoms with Gasteiger partial charge in [0.2, 0.25) is 0 Å². The molecule has 0 aliphatic rings. The van der Waals surface area contributed by atoms with E-state index >= 15 is 0 Å². The number of pyridine rings is 1. The lowest BCUT2D eigenvalue weighted by Crippen LogP contribution is -2.19. The summed E-state index contributed by atoms with van der Waals surface area (Å²) in [6.45, 7) is 3.98. The summed E-state index contributed by atoms with van der Waals surface area (Å²) in [5, 5.41) is 9.19. The molecular formula is C17H17F3N2O2. The van der Waals surface area contributed by atoms with Crippen LogP contribution in [-0.4, -0.2) is 10.9 Å². The molecule has 2 aromatic rings. The van der Waals surface area contributed by atoms with E-state index in [0.29, 0.717) is 19.4 Å². The van der Waals surface area contributed by atoms with E-state index < -0.39 is 17.5 Å². The second kappa shape index (κ2) is 6.56. The van der Waals surface area contributed by atoms with Crippen LogP contribution >= 0.6 is 0 Å². The SMILES string of the molecule is CC(C)(C#N)CCCn1ccc(=O)c2cccc(OC(F)(F)F)c21. The molecule has 1 heterocycles. The monoisotopic (exact) mass is 338 g/mol. The molecule has 0 saturated carbocycles. The molecule has 0 spiro atoms. The van der Waals surface area contributed by atoms with Crippen LogP contribution in [0.4, 0.5) is 13.2 Å². The molecule has 0 amide bonds. The standard InChI is InChI=1S/C17H17F3N2O2/c1-16(2,11-21)8-4-9-22-10-7-13(23)12-5-3-6-14(15(12)22)24-17(18,19)20/h3,5-7,10H,4,8-9H2,1-2H3. The lowest BCUT2D eigenvalue weighted by Gasteiger charge is -2.18. The number of aryl methyl sites for hydroxylation is 1. The van der Waals surface area contributed by atoms with E-state index in [1.807, 2.05) is 0 Å². The van der Waals surface area contributed by atoms with Gasteiger partial charge in [0.15, 0.2) is 11.2 Å². The van der Waals surface area contributed by atoms with Gasteiger partial charge in [-0.1, -0.05) is 6.07 Å². The average Bonchev–Trinajstić information content (AvgIpc) is 2.48. The van der Waals surface area contributed by atoms with Gasteiger partial charge in [0.1, 0.15) is 0 Å². The van der Waals surface area contributed by atoms with Crippen molar-refractivity contribution in [3.63, 3.8) is 0 Å². The van der Waals surface area contributed by atoms with Crippen molar-refractivity contribution in [2.24, 2.45) is 5.41 Å². The van der Waals surface area contributed by atoms with Crippen molar-refractivity contribution in [2.45, 2.75) is 39.6 Å². The quantitative estimate of drug-likeness (QED) is 0.820. The number of nitrogens with zero attached hydrogens (tertiary/aromatic N) is 2. The van der Waals surface area contributed by atoms with Crippen LogP contribution in [0.5, 0.6) is 5.75 Å². The van der Waals surface area contributed by atoms with Crippen LogP contribution in [0.15, 0.2) is 35.3 Å². The predicted molar refractivity (Wildman–Crippen MR) is 83.5 cm³/mol. The van der Waals surface area contributed by atoms with E-state index in [1.165, 1.54) is 30.5 Å². The summed E-state index contributed by atoms with van der Waals surface area (Å²) in [5.74, 6) is -0.405. The Morgan fingerprint density at radius 2 is 1.96 bits per heavy atom. The Labute approximate surface area is 137 Å². The second-order valence-corrected chi connectivity index (χ2v) is 6.17. The molecule has 0 aliphatic carbocycles. The Balaban J connectivity index is 2.41. The van der Waals surface area contributed by atoms with Gasteiger partial charge < -0.3 is 9.30 Å². The minimum absolute atomic E-state index is 0.108. The van der Waals surface area contributed by atoms with Crippen LogP contribution in [0.1, 0.15) is 26.7 Å². The fourth-order valence-corrected chi connectivity index (χ4v) is 2.48. The minimum Gasteiger partial charge on any atom is -0.404 e. The number of para-hydroxylation sites is 1. The number of alkyl halides is 3. The van der Waals surface area contributed by atoms with Gasteiger partial charge in [-0.15, -0.1) is 13.2 Å². The molecule has 2 rings (SSSR count). The van der Waals surface area contributed by atoms with E-state index in [9.17, 15) is 18.0 Å². The third-order valence-corrected chi connectivity index (χ3v) is 3.69. The molecule has 0 saturated heterocycles. The van der Waals surface area contributed by atoms with Crippen LogP contribution < -0.4 is 10.2 Å². The number of hydrogen-bond acceptors (Lipinski definition) is 3. The van der Waals surface area contributed by atoms with E-state index in [-0.39, 0.29) is 16.3 Å². The normalized spacial score (nSPS) is 12.2. The summed E-state index contributed by atoms with van der Waals surface area (Å²) in [7, 11) is 0. The van der Waals surface area contributed by atoms with Gasteiger partial charge in [0.25, 0.3) is 0 Å². The van der Waals surface area contributed by atoms with E-state index in [4.69, 9.17) is 5.26 Å². The number of aromatic nitrogens is 1. The molecule has 0 unspecified atom stereocenters. The van der Waals surface area contributed by atoms with Crippen LogP contribution in [0, 0.1) is 16.7 Å². The molecule has 1 aromatic heterocycles. The highest BCUT2D eigenvalue weighted by Crippen LogP contribution is 2.30. The highest BCUT2D eigenvalue weighted by molar-refractivity contribution is 5.84. The molecule has 24 heavy (non-hydrogen) atoms. The van der Waals surface area contributed by atoms with Crippen LogP contribution in [-0.2, 0) is 6.54 Å². The molecule has 0 bridgehead atoms. The number of fused-ring (bicyclic) bond motifs is 1. The molecule has 4 nitrogen and oxygen atoms in total. The zero-order valence-corrected chi connectivity index (χ0v) is 13.4. The topological polar surface area (TPSA) is 55.0 Å². The number of halogens is 3. The molecular weight excluding hydrogens is 321 g/mol. The van der Waals surface area contributed by atoms with Gasteiger partial charge in [-0.2, -0.15) is 5.26 Å². The Morgan fingerprint density at radius 3 is 2.58 bits per heavy atom. The summed E-state index contributed by atoms with van der Waals surface area (Å²) in [5.41, 5.74) is -0.775. The highest BCUT2D eigenvalue weighted by Gasteiger charge is 2.32. The molecule has 1 aromatic carbocycles. The van der Waals surface area contributed by atoms with Crippen molar-refractivity contribution in [1.82, 2.24) is 4.57 Å². The van der Waals surface area contributed by atoms with Gasteiger partial charge in [0, 0.05) is 24.2 Å². The van der Waals surface area contributed by atoms with Crippen LogP contribution in [0.3, 0.4) is 0 Å². The first-order valence-corrected chi connectivity index (χ1v) is 7.42. The smallest absolute Gasteiger partial charge is 0.404 e. The Morgan fingerprint density at radius 1 is 1.25 bits per heavy atom.